The average molecular weight is 479 g/mol. The van der Waals surface area contributed by atoms with Crippen molar-refractivity contribution in [3.05, 3.63) is 59.9 Å². The number of carbonyl (C=O) groups excluding carboxylic acids is 3. The minimum Gasteiger partial charge on any atom is -0.461 e. The van der Waals surface area contributed by atoms with Crippen LogP contribution in [0.3, 0.4) is 0 Å². The number of nitrogens with zero attached hydrogens (tertiary/aromatic N) is 2. The van der Waals surface area contributed by atoms with E-state index in [1.54, 1.807) is 48.2 Å². The minimum atomic E-state index is -0.366. The van der Waals surface area contributed by atoms with Crippen LogP contribution in [0.15, 0.2) is 48.5 Å². The van der Waals surface area contributed by atoms with E-state index in [-0.39, 0.29) is 17.8 Å². The van der Waals surface area contributed by atoms with Gasteiger partial charge in [0.15, 0.2) is 0 Å². The van der Waals surface area contributed by atoms with Gasteiger partial charge in [0.2, 0.25) is 5.91 Å². The maximum atomic E-state index is 11.8. The maximum Gasteiger partial charge on any atom is 0.354 e. The second kappa shape index (κ2) is 10.8. The zero-order valence-electron chi connectivity index (χ0n) is 20.5. The first kappa shape index (κ1) is 25.4. The number of nitrogen functional groups attached to an aromatic ring is 1. The maximum absolute atomic E-state index is 11.8. The summed E-state index contributed by atoms with van der Waals surface area (Å²) in [6.45, 7) is 5.71. The van der Waals surface area contributed by atoms with E-state index in [0.29, 0.717) is 36.0 Å². The summed E-state index contributed by atoms with van der Waals surface area (Å²) < 4.78 is 13.5. The topological polar surface area (TPSA) is 118 Å². The van der Waals surface area contributed by atoms with Crippen LogP contribution in [0.4, 0.5) is 11.4 Å². The number of hydrogen-bond donors (Lipinski definition) is 2. The van der Waals surface area contributed by atoms with Crippen molar-refractivity contribution >= 4 is 51.0 Å². The van der Waals surface area contributed by atoms with E-state index in [2.05, 4.69) is 5.32 Å². The molecule has 1 amide bonds. The first-order valence-corrected chi connectivity index (χ1v) is 11.2. The molecule has 4 rings (SSSR count). The molecule has 2 heterocycles. The van der Waals surface area contributed by atoms with Gasteiger partial charge in [-0.1, -0.05) is 12.1 Å². The molecule has 9 heteroatoms. The molecule has 9 nitrogen and oxygen atoms in total. The number of aromatic nitrogens is 2. The van der Waals surface area contributed by atoms with Crippen LogP contribution in [-0.2, 0) is 28.4 Å². The van der Waals surface area contributed by atoms with Crippen molar-refractivity contribution in [1.82, 2.24) is 9.13 Å². The fourth-order valence-electron chi connectivity index (χ4n) is 3.84. The van der Waals surface area contributed by atoms with E-state index in [1.807, 2.05) is 37.4 Å². The second-order valence-electron chi connectivity index (χ2n) is 7.82. The van der Waals surface area contributed by atoms with Crippen LogP contribution in [0, 0.1) is 0 Å². The number of amides is 1. The van der Waals surface area contributed by atoms with Gasteiger partial charge in [0.1, 0.15) is 11.4 Å². The molecular weight excluding hydrogens is 448 g/mol. The van der Waals surface area contributed by atoms with Crippen molar-refractivity contribution in [3.8, 4) is 0 Å². The summed E-state index contributed by atoms with van der Waals surface area (Å²) in [4.78, 5) is 34.7. The Morgan fingerprint density at radius 3 is 1.80 bits per heavy atom. The fourth-order valence-corrected chi connectivity index (χ4v) is 3.84. The molecule has 35 heavy (non-hydrogen) atoms. The first-order chi connectivity index (χ1) is 16.7. The van der Waals surface area contributed by atoms with Crippen LogP contribution in [0.1, 0.15) is 41.7 Å². The van der Waals surface area contributed by atoms with Gasteiger partial charge >= 0.3 is 11.9 Å². The number of benzene rings is 2. The Morgan fingerprint density at radius 2 is 1.31 bits per heavy atom. The highest BCUT2D eigenvalue weighted by atomic mass is 16.5. The Balaban J connectivity index is 0.000000198. The Hall–Kier alpha value is -4.27. The second-order valence-corrected chi connectivity index (χ2v) is 7.82. The summed E-state index contributed by atoms with van der Waals surface area (Å²) in [5.74, 6) is -0.829. The number of anilines is 2. The number of esters is 2. The monoisotopic (exact) mass is 478 g/mol. The molecule has 3 N–H and O–H groups in total. The zero-order chi connectivity index (χ0) is 25.7. The molecule has 4 aromatic rings. The number of aryl methyl sites for hydroxylation is 2. The molecule has 0 atom stereocenters. The number of nitrogens with one attached hydrogen (secondary N) is 1. The quantitative estimate of drug-likeness (QED) is 0.327. The number of nitrogens with two attached hydrogens (primary N) is 1. The van der Waals surface area contributed by atoms with E-state index in [4.69, 9.17) is 15.2 Å². The number of fused-ring (bicyclic) bond motifs is 2. The molecule has 184 valence electrons. The molecule has 0 unspecified atom stereocenters. The lowest BCUT2D eigenvalue weighted by atomic mass is 10.2. The van der Waals surface area contributed by atoms with E-state index < -0.39 is 0 Å². The lowest BCUT2D eigenvalue weighted by Gasteiger charge is -2.05. The number of ether oxygens (including phenoxy) is 2. The van der Waals surface area contributed by atoms with Crippen molar-refractivity contribution in [2.24, 2.45) is 14.1 Å². The predicted octanol–water partition coefficient (Wildman–Crippen LogP) is 4.25. The molecule has 0 aliphatic carbocycles. The zero-order valence-corrected chi connectivity index (χ0v) is 20.5. The Bertz CT molecular complexity index is 1400. The van der Waals surface area contributed by atoms with Crippen LogP contribution >= 0.6 is 0 Å². The van der Waals surface area contributed by atoms with Gasteiger partial charge in [-0.05, 0) is 50.2 Å². The van der Waals surface area contributed by atoms with Crippen LogP contribution in [0.25, 0.3) is 21.8 Å². The van der Waals surface area contributed by atoms with Crippen molar-refractivity contribution < 1.29 is 23.9 Å². The molecule has 2 aromatic carbocycles. The summed E-state index contributed by atoms with van der Waals surface area (Å²) in [5, 5.41) is 4.46. The molecule has 0 saturated heterocycles. The molecule has 0 fully saturated rings. The highest BCUT2D eigenvalue weighted by molar-refractivity contribution is 6.04. The summed E-state index contributed by atoms with van der Waals surface area (Å²) in [5.41, 5.74) is 10.0. The first-order valence-electron chi connectivity index (χ1n) is 11.2. The van der Waals surface area contributed by atoms with Crippen LogP contribution in [-0.4, -0.2) is 40.2 Å². The van der Waals surface area contributed by atoms with Gasteiger partial charge < -0.3 is 29.7 Å². The van der Waals surface area contributed by atoms with Crippen molar-refractivity contribution in [3.63, 3.8) is 0 Å². The molecule has 0 radical (unpaired) electrons. The summed E-state index contributed by atoms with van der Waals surface area (Å²) in [6.07, 6.45) is 0. The third-order valence-electron chi connectivity index (χ3n) is 5.49. The minimum absolute atomic E-state index is 0.144. The van der Waals surface area contributed by atoms with Crippen LogP contribution < -0.4 is 11.1 Å². The summed E-state index contributed by atoms with van der Waals surface area (Å²) in [7, 11) is 3.63. The Kier molecular flexibility index (Phi) is 7.80. The van der Waals surface area contributed by atoms with Gasteiger partial charge in [-0.25, -0.2) is 9.59 Å². The smallest absolute Gasteiger partial charge is 0.354 e. The standard InChI is InChI=1S/C14H16N2O3.C12H14N2O2/c1-4-19-14(18)13-8-10-11(15-9(2)17)6-5-7-12(10)16(13)3;1-3-16-12(15)11-7-8-9(13)5-4-6-10(8)14(11)2/h5-8H,4H2,1-3H3,(H,15,17);4-7H,3,13H2,1-2H3. The van der Waals surface area contributed by atoms with Gasteiger partial charge in [-0.3, -0.25) is 4.79 Å². The van der Waals surface area contributed by atoms with E-state index in [0.717, 1.165) is 21.8 Å². The average Bonchev–Trinajstić information content (AvgIpc) is 3.33. The van der Waals surface area contributed by atoms with E-state index >= 15 is 0 Å². The highest BCUT2D eigenvalue weighted by Crippen LogP contribution is 2.27. The summed E-state index contributed by atoms with van der Waals surface area (Å²) >= 11 is 0. The third kappa shape index (κ3) is 5.29. The molecule has 0 saturated carbocycles. The molecule has 0 aliphatic rings. The third-order valence-corrected chi connectivity index (χ3v) is 5.49. The summed E-state index contributed by atoms with van der Waals surface area (Å²) in [6, 6.07) is 14.6. The molecule has 0 bridgehead atoms. The lowest BCUT2D eigenvalue weighted by Crippen LogP contribution is -2.09. The predicted molar refractivity (Wildman–Crippen MR) is 136 cm³/mol. The van der Waals surface area contributed by atoms with E-state index in [1.165, 1.54) is 6.92 Å². The largest absolute Gasteiger partial charge is 0.461 e. The van der Waals surface area contributed by atoms with Crippen LogP contribution in [0.2, 0.25) is 0 Å². The van der Waals surface area contributed by atoms with Crippen molar-refractivity contribution in [2.75, 3.05) is 24.3 Å². The van der Waals surface area contributed by atoms with Crippen LogP contribution in [0.5, 0.6) is 0 Å². The van der Waals surface area contributed by atoms with Gasteiger partial charge in [-0.2, -0.15) is 0 Å². The number of rotatable bonds is 5. The van der Waals surface area contributed by atoms with Crippen molar-refractivity contribution in [2.45, 2.75) is 20.8 Å². The fraction of sp³-hybridized carbons (Fsp3) is 0.269. The van der Waals surface area contributed by atoms with Crippen molar-refractivity contribution in [1.29, 1.82) is 0 Å². The highest BCUT2D eigenvalue weighted by Gasteiger charge is 2.17. The van der Waals surface area contributed by atoms with E-state index in [9.17, 15) is 14.4 Å². The Morgan fingerprint density at radius 1 is 0.829 bits per heavy atom. The molecule has 0 aliphatic heterocycles. The number of carbonyl (C=O) groups is 3. The normalized spacial score (nSPS) is 10.5. The molecule has 0 spiro atoms. The van der Waals surface area contributed by atoms with Gasteiger partial charge in [0.05, 0.1) is 29.9 Å². The SMILES string of the molecule is CCOC(=O)c1cc2c(N)cccc2n1C.CCOC(=O)c1cc2c(NC(C)=O)cccc2n1C. The lowest BCUT2D eigenvalue weighted by molar-refractivity contribution is -0.114. The van der Waals surface area contributed by atoms with Gasteiger partial charge in [0, 0.05) is 37.5 Å². The van der Waals surface area contributed by atoms with Gasteiger partial charge in [-0.15, -0.1) is 0 Å². The molecular formula is C26H30N4O5. The molecule has 2 aromatic heterocycles. The van der Waals surface area contributed by atoms with Gasteiger partial charge in [0.25, 0.3) is 0 Å². The Labute approximate surface area is 203 Å². The number of hydrogen-bond acceptors (Lipinski definition) is 6.